The molecule has 1 aliphatic rings. The molecule has 2 amide bonds. The van der Waals surface area contributed by atoms with E-state index in [0.29, 0.717) is 35.2 Å². The molecule has 1 aromatic heterocycles. The molecule has 0 saturated heterocycles. The van der Waals surface area contributed by atoms with Gasteiger partial charge in [-0.15, -0.1) is 0 Å². The third kappa shape index (κ3) is 6.50. The van der Waals surface area contributed by atoms with E-state index in [0.717, 1.165) is 5.39 Å². The fourth-order valence-electron chi connectivity index (χ4n) is 4.37. The summed E-state index contributed by atoms with van der Waals surface area (Å²) in [6, 6.07) is 7.31. The van der Waals surface area contributed by atoms with E-state index in [1.807, 2.05) is 12.1 Å². The highest BCUT2D eigenvalue weighted by Gasteiger charge is 2.30. The molecule has 1 aliphatic heterocycles. The zero-order chi connectivity index (χ0) is 28.1. The summed E-state index contributed by atoms with van der Waals surface area (Å²) >= 11 is 13.1. The Balaban J connectivity index is 1.47. The third-order valence-electron chi connectivity index (χ3n) is 6.38. The van der Waals surface area contributed by atoms with Crippen LogP contribution in [0.25, 0.3) is 11.0 Å². The molecule has 208 valence electrons. The second kappa shape index (κ2) is 12.7. The lowest BCUT2D eigenvalue weighted by atomic mass is 9.96. The maximum atomic E-state index is 13.2. The largest absolute Gasteiger partial charge is 0.480 e. The average molecular weight is 579 g/mol. The van der Waals surface area contributed by atoms with Gasteiger partial charge in [-0.1, -0.05) is 29.3 Å². The van der Waals surface area contributed by atoms with Crippen molar-refractivity contribution in [2.75, 3.05) is 26.2 Å². The van der Waals surface area contributed by atoms with Crippen molar-refractivity contribution in [3.8, 4) is 0 Å². The molecule has 2 aromatic carbocycles. The van der Waals surface area contributed by atoms with Gasteiger partial charge in [0.1, 0.15) is 17.9 Å². The molecule has 0 saturated carbocycles. The molecule has 1 unspecified atom stereocenters. The molecule has 2 heterocycles. The molecule has 0 spiro atoms. The van der Waals surface area contributed by atoms with E-state index >= 15 is 0 Å². The summed E-state index contributed by atoms with van der Waals surface area (Å²) in [5.74, 6) is 3.17. The van der Waals surface area contributed by atoms with Gasteiger partial charge in [-0.3, -0.25) is 26.1 Å². The Kier molecular flexibility index (Phi) is 9.40. The number of aliphatic hydroxyl groups excluding tert-OH is 1. The van der Waals surface area contributed by atoms with Gasteiger partial charge >= 0.3 is 5.97 Å². The topological polar surface area (TPSA) is 182 Å². The number of benzene rings is 2. The van der Waals surface area contributed by atoms with Crippen molar-refractivity contribution in [2.24, 2.45) is 5.84 Å². The van der Waals surface area contributed by atoms with Crippen LogP contribution in [0.1, 0.15) is 31.8 Å². The summed E-state index contributed by atoms with van der Waals surface area (Å²) in [6.07, 6.45) is 1.23. The van der Waals surface area contributed by atoms with Crippen molar-refractivity contribution in [2.45, 2.75) is 25.3 Å². The SMILES string of the molecule is NNC(NCCO)NC[C@H](NC(=O)c1c(Cl)cc2c(c1Cl)CCN(C(=O)c1ccc3ccoc3c1)C2)C(=O)O. The van der Waals surface area contributed by atoms with Crippen molar-refractivity contribution < 1.29 is 29.0 Å². The van der Waals surface area contributed by atoms with E-state index in [1.165, 1.54) is 0 Å². The zero-order valence-corrected chi connectivity index (χ0v) is 22.2. The molecule has 39 heavy (non-hydrogen) atoms. The maximum absolute atomic E-state index is 13.2. The summed E-state index contributed by atoms with van der Waals surface area (Å²) in [5, 5.41) is 27.6. The number of fused-ring (bicyclic) bond motifs is 2. The van der Waals surface area contributed by atoms with Crippen molar-refractivity contribution >= 4 is 52.0 Å². The Bertz CT molecular complexity index is 1380. The highest BCUT2D eigenvalue weighted by Crippen LogP contribution is 2.35. The number of carboxylic acids is 1. The molecular weight excluding hydrogens is 551 g/mol. The molecule has 0 radical (unpaired) electrons. The molecular formula is C25H28Cl2N6O6. The molecule has 0 bridgehead atoms. The first-order valence-corrected chi connectivity index (χ1v) is 12.8. The first-order chi connectivity index (χ1) is 18.7. The lowest BCUT2D eigenvalue weighted by Gasteiger charge is -2.30. The quantitative estimate of drug-likeness (QED) is 0.0985. The van der Waals surface area contributed by atoms with E-state index in [2.05, 4.69) is 21.4 Å². The van der Waals surface area contributed by atoms with Gasteiger partial charge in [-0.25, -0.2) is 10.2 Å². The molecule has 0 aliphatic carbocycles. The van der Waals surface area contributed by atoms with E-state index in [1.54, 1.807) is 29.4 Å². The molecule has 3 aromatic rings. The van der Waals surface area contributed by atoms with Crippen molar-refractivity contribution in [3.63, 3.8) is 0 Å². The predicted molar refractivity (Wildman–Crippen MR) is 144 cm³/mol. The van der Waals surface area contributed by atoms with Gasteiger partial charge in [0.15, 0.2) is 0 Å². The summed E-state index contributed by atoms with van der Waals surface area (Å²) in [7, 11) is 0. The first-order valence-electron chi connectivity index (χ1n) is 12.1. The number of amides is 2. The van der Waals surface area contributed by atoms with E-state index in [9.17, 15) is 19.5 Å². The maximum Gasteiger partial charge on any atom is 0.327 e. The Morgan fingerprint density at radius 2 is 1.95 bits per heavy atom. The van der Waals surface area contributed by atoms with Gasteiger partial charge in [0.25, 0.3) is 11.8 Å². The fraction of sp³-hybridized carbons (Fsp3) is 0.320. The van der Waals surface area contributed by atoms with Crippen LogP contribution in [0.3, 0.4) is 0 Å². The minimum absolute atomic E-state index is 0.0331. The van der Waals surface area contributed by atoms with Gasteiger partial charge < -0.3 is 24.8 Å². The highest BCUT2D eigenvalue weighted by molar-refractivity contribution is 6.40. The Morgan fingerprint density at radius 1 is 1.15 bits per heavy atom. The number of halogens is 2. The van der Waals surface area contributed by atoms with Crippen LogP contribution in [0, 0.1) is 0 Å². The number of hydrogen-bond donors (Lipinski definition) is 7. The highest BCUT2D eigenvalue weighted by atomic mass is 35.5. The van der Waals surface area contributed by atoms with Gasteiger partial charge in [0, 0.05) is 37.1 Å². The number of carbonyl (C=O) groups is 3. The van der Waals surface area contributed by atoms with Crippen LogP contribution in [-0.4, -0.2) is 71.5 Å². The van der Waals surface area contributed by atoms with Crippen LogP contribution in [-0.2, 0) is 17.8 Å². The molecule has 12 nitrogen and oxygen atoms in total. The lowest BCUT2D eigenvalue weighted by Crippen LogP contribution is -2.59. The number of hydrogen-bond acceptors (Lipinski definition) is 9. The smallest absolute Gasteiger partial charge is 0.327 e. The predicted octanol–water partition coefficient (Wildman–Crippen LogP) is 1.04. The molecule has 2 atom stereocenters. The Hall–Kier alpha value is -3.23. The monoisotopic (exact) mass is 578 g/mol. The van der Waals surface area contributed by atoms with Crippen molar-refractivity contribution in [1.29, 1.82) is 0 Å². The van der Waals surface area contributed by atoms with Gasteiger partial charge in [0.2, 0.25) is 0 Å². The number of hydrazine groups is 1. The minimum atomic E-state index is -1.34. The normalized spacial score (nSPS) is 14.6. The molecule has 0 fully saturated rings. The number of nitrogens with two attached hydrogens (primary N) is 1. The van der Waals surface area contributed by atoms with Crippen molar-refractivity contribution in [3.05, 3.63) is 68.9 Å². The van der Waals surface area contributed by atoms with Crippen LogP contribution in [0.4, 0.5) is 0 Å². The average Bonchev–Trinajstić information content (AvgIpc) is 3.39. The lowest BCUT2D eigenvalue weighted by molar-refractivity contribution is -0.139. The second-order valence-corrected chi connectivity index (χ2v) is 9.67. The standard InChI is InChI=1S/C25H28Cl2N6O6/c26-17-9-15-12-33(23(36)14-2-1-13-4-8-39-19(13)10-14)6-3-16(15)21(27)20(17)22(35)31-18(24(37)38)11-30-25(32-28)29-5-7-34/h1-2,4,8-10,18,25,29-30,32,34H,3,5-7,11-12,28H2,(H,31,35)(H,37,38)/t18-,25?/m0/s1. The molecule has 4 rings (SSSR count). The second-order valence-electron chi connectivity index (χ2n) is 8.88. The van der Waals surface area contributed by atoms with Crippen LogP contribution in [0.5, 0.6) is 0 Å². The fourth-order valence-corrected chi connectivity index (χ4v) is 5.13. The number of aliphatic carboxylic acids is 1. The van der Waals surface area contributed by atoms with E-state index in [4.69, 9.17) is 38.6 Å². The number of furan rings is 1. The van der Waals surface area contributed by atoms with Crippen LogP contribution in [0.15, 0.2) is 41.0 Å². The summed E-state index contributed by atoms with van der Waals surface area (Å²) in [4.78, 5) is 39.7. The van der Waals surface area contributed by atoms with Crippen LogP contribution in [0.2, 0.25) is 10.0 Å². The van der Waals surface area contributed by atoms with Gasteiger partial charge in [-0.05, 0) is 41.8 Å². The van der Waals surface area contributed by atoms with E-state index < -0.39 is 24.2 Å². The summed E-state index contributed by atoms with van der Waals surface area (Å²) < 4.78 is 5.40. The van der Waals surface area contributed by atoms with Gasteiger partial charge in [-0.2, -0.15) is 0 Å². The number of carbonyl (C=O) groups excluding carboxylic acids is 2. The third-order valence-corrected chi connectivity index (χ3v) is 7.09. The summed E-state index contributed by atoms with van der Waals surface area (Å²) in [6.45, 7) is 0.451. The Labute approximate surface area is 233 Å². The Morgan fingerprint density at radius 3 is 2.67 bits per heavy atom. The number of nitrogens with one attached hydrogen (secondary N) is 4. The number of rotatable bonds is 11. The van der Waals surface area contributed by atoms with Crippen LogP contribution < -0.4 is 27.2 Å². The van der Waals surface area contributed by atoms with Crippen molar-refractivity contribution in [1.82, 2.24) is 26.3 Å². The number of carboxylic acid groups (broad SMARTS) is 1. The first kappa shape index (κ1) is 28.8. The molecule has 8 N–H and O–H groups in total. The summed E-state index contributed by atoms with van der Waals surface area (Å²) in [5.41, 5.74) is 4.81. The number of nitrogens with zero attached hydrogens (tertiary/aromatic N) is 1. The van der Waals surface area contributed by atoms with E-state index in [-0.39, 0.29) is 47.8 Å². The minimum Gasteiger partial charge on any atom is -0.480 e. The number of aliphatic hydroxyl groups is 1. The zero-order valence-electron chi connectivity index (χ0n) is 20.7. The molecule has 14 heteroatoms. The van der Waals surface area contributed by atoms with Gasteiger partial charge in [0.05, 0.1) is 28.5 Å². The van der Waals surface area contributed by atoms with Crippen LogP contribution >= 0.6 is 23.2 Å².